The number of hydrogen-bond donors (Lipinski definition) is 1. The number of rotatable bonds is 3. The second kappa shape index (κ2) is 5.10. The van der Waals surface area contributed by atoms with Crippen LogP contribution in [0, 0.1) is 6.92 Å². The van der Waals surface area contributed by atoms with E-state index < -0.39 is 11.4 Å². The molecule has 0 bridgehead atoms. The van der Waals surface area contributed by atoms with E-state index in [-0.39, 0.29) is 0 Å². The third kappa shape index (κ3) is 2.74. The average Bonchev–Trinajstić information content (AvgIpc) is 2.78. The van der Waals surface area contributed by atoms with E-state index in [9.17, 15) is 9.90 Å². The number of hydrogen-bond acceptors (Lipinski definition) is 2. The molecule has 2 rings (SSSR count). The Bertz CT molecular complexity index is 629. The van der Waals surface area contributed by atoms with Crippen molar-refractivity contribution in [3.05, 3.63) is 45.2 Å². The number of aryl methyl sites for hydroxylation is 1. The van der Waals surface area contributed by atoms with Gasteiger partial charge < -0.3 is 5.11 Å². The van der Waals surface area contributed by atoms with Crippen molar-refractivity contribution < 1.29 is 9.90 Å². The lowest BCUT2D eigenvalue weighted by Crippen LogP contribution is -2.27. The molecule has 0 amide bonds. The highest BCUT2D eigenvalue weighted by Gasteiger charge is 2.31. The van der Waals surface area contributed by atoms with Crippen LogP contribution in [0.4, 0.5) is 0 Å². The van der Waals surface area contributed by atoms with E-state index >= 15 is 0 Å². The lowest BCUT2D eigenvalue weighted by Gasteiger charge is -2.16. The zero-order chi connectivity index (χ0) is 14.2. The molecule has 0 saturated heterocycles. The van der Waals surface area contributed by atoms with Crippen molar-refractivity contribution >= 4 is 33.2 Å². The monoisotopic (exact) mass is 338 g/mol. The Kier molecular flexibility index (Phi) is 3.83. The summed E-state index contributed by atoms with van der Waals surface area (Å²) in [5.41, 5.74) is 1.49. The van der Waals surface area contributed by atoms with Gasteiger partial charge in [-0.25, -0.2) is 0 Å². The minimum Gasteiger partial charge on any atom is -0.481 e. The Balaban J connectivity index is 2.44. The maximum Gasteiger partial charge on any atom is 0.314 e. The fourth-order valence-electron chi connectivity index (χ4n) is 1.83. The summed E-state index contributed by atoms with van der Waals surface area (Å²) in [5, 5.41) is 9.27. The third-order valence-corrected chi connectivity index (χ3v) is 5.15. The van der Waals surface area contributed by atoms with Gasteiger partial charge in [-0.05, 0) is 56.2 Å². The van der Waals surface area contributed by atoms with Gasteiger partial charge in [-0.15, -0.1) is 11.3 Å². The van der Waals surface area contributed by atoms with E-state index in [0.717, 1.165) is 19.8 Å². The molecule has 1 aromatic heterocycles. The van der Waals surface area contributed by atoms with Crippen molar-refractivity contribution in [2.45, 2.75) is 26.2 Å². The number of carboxylic acid groups (broad SMARTS) is 1. The normalized spacial score (nSPS) is 11.6. The van der Waals surface area contributed by atoms with Gasteiger partial charge in [0, 0.05) is 14.2 Å². The van der Waals surface area contributed by atoms with Gasteiger partial charge in [-0.3, -0.25) is 4.79 Å². The molecule has 100 valence electrons. The van der Waals surface area contributed by atoms with Crippen molar-refractivity contribution in [3.8, 4) is 10.4 Å². The van der Waals surface area contributed by atoms with Gasteiger partial charge in [-0.2, -0.15) is 0 Å². The Hall–Kier alpha value is -1.13. The van der Waals surface area contributed by atoms with Crippen LogP contribution in [-0.2, 0) is 10.2 Å². The summed E-state index contributed by atoms with van der Waals surface area (Å²) >= 11 is 5.00. The van der Waals surface area contributed by atoms with Crippen molar-refractivity contribution in [1.29, 1.82) is 0 Å². The van der Waals surface area contributed by atoms with Crippen LogP contribution in [0.15, 0.2) is 34.8 Å². The maximum absolute atomic E-state index is 11.3. The minimum absolute atomic E-state index is 0.798. The highest BCUT2D eigenvalue weighted by Crippen LogP contribution is 2.37. The predicted molar refractivity (Wildman–Crippen MR) is 82.9 cm³/mol. The van der Waals surface area contributed by atoms with Crippen molar-refractivity contribution in [3.63, 3.8) is 0 Å². The number of aliphatic carboxylic acids is 1. The first kappa shape index (κ1) is 14.3. The molecule has 19 heavy (non-hydrogen) atoms. The van der Waals surface area contributed by atoms with Gasteiger partial charge in [-0.1, -0.05) is 22.0 Å². The molecule has 0 unspecified atom stereocenters. The quantitative estimate of drug-likeness (QED) is 0.868. The van der Waals surface area contributed by atoms with Gasteiger partial charge >= 0.3 is 5.97 Å². The van der Waals surface area contributed by atoms with Crippen LogP contribution in [0.5, 0.6) is 0 Å². The smallest absolute Gasteiger partial charge is 0.314 e. The standard InChI is InChI=1S/C15H15BrO2S/c1-9-8-10(16)4-5-11(9)12-6-7-13(19-12)15(2,3)14(17)18/h4-8H,1-3H3,(H,17,18). The number of thiophene rings is 1. The topological polar surface area (TPSA) is 37.3 Å². The lowest BCUT2D eigenvalue weighted by atomic mass is 9.92. The van der Waals surface area contributed by atoms with E-state index in [0.29, 0.717) is 0 Å². The van der Waals surface area contributed by atoms with Gasteiger partial charge in [0.15, 0.2) is 0 Å². The first-order chi connectivity index (χ1) is 8.82. The number of carbonyl (C=O) groups is 1. The van der Waals surface area contributed by atoms with Crippen LogP contribution < -0.4 is 0 Å². The van der Waals surface area contributed by atoms with E-state index in [1.54, 1.807) is 25.2 Å². The Labute approximate surface area is 125 Å². The van der Waals surface area contributed by atoms with Crippen molar-refractivity contribution in [2.24, 2.45) is 0 Å². The van der Waals surface area contributed by atoms with Crippen LogP contribution in [0.25, 0.3) is 10.4 Å². The molecule has 1 heterocycles. The zero-order valence-corrected chi connectivity index (χ0v) is 13.4. The van der Waals surface area contributed by atoms with Gasteiger partial charge in [0.05, 0.1) is 5.41 Å². The van der Waals surface area contributed by atoms with E-state index in [2.05, 4.69) is 35.0 Å². The molecule has 0 atom stereocenters. The summed E-state index contributed by atoms with van der Waals surface area (Å²) < 4.78 is 1.05. The van der Waals surface area contributed by atoms with E-state index in [4.69, 9.17) is 0 Å². The molecule has 0 spiro atoms. The number of halogens is 1. The SMILES string of the molecule is Cc1cc(Br)ccc1-c1ccc(C(C)(C)C(=O)O)s1. The first-order valence-electron chi connectivity index (χ1n) is 5.92. The lowest BCUT2D eigenvalue weighted by molar-refractivity contribution is -0.142. The Morgan fingerprint density at radius 1 is 1.26 bits per heavy atom. The Morgan fingerprint density at radius 2 is 1.95 bits per heavy atom. The summed E-state index contributed by atoms with van der Waals surface area (Å²) in [4.78, 5) is 13.3. The number of benzene rings is 1. The summed E-state index contributed by atoms with van der Waals surface area (Å²) in [6.45, 7) is 5.53. The van der Waals surface area contributed by atoms with Crippen molar-refractivity contribution in [1.82, 2.24) is 0 Å². The molecule has 4 heteroatoms. The highest BCUT2D eigenvalue weighted by atomic mass is 79.9. The third-order valence-electron chi connectivity index (χ3n) is 3.21. The van der Waals surface area contributed by atoms with Gasteiger partial charge in [0.1, 0.15) is 0 Å². The summed E-state index contributed by atoms with van der Waals surface area (Å²) in [5.74, 6) is -0.798. The van der Waals surface area contributed by atoms with Crippen LogP contribution in [-0.4, -0.2) is 11.1 Å². The first-order valence-corrected chi connectivity index (χ1v) is 7.53. The molecule has 0 saturated carbocycles. The molecular weight excluding hydrogens is 324 g/mol. The second-order valence-electron chi connectivity index (χ2n) is 5.05. The molecular formula is C15H15BrO2S. The summed E-state index contributed by atoms with van der Waals surface area (Å²) in [6.07, 6.45) is 0. The zero-order valence-electron chi connectivity index (χ0n) is 11.0. The van der Waals surface area contributed by atoms with Crippen LogP contribution in [0.2, 0.25) is 0 Å². The van der Waals surface area contributed by atoms with E-state index in [1.165, 1.54) is 5.56 Å². The highest BCUT2D eigenvalue weighted by molar-refractivity contribution is 9.10. The molecule has 2 aromatic rings. The van der Waals surface area contributed by atoms with Crippen LogP contribution in [0.3, 0.4) is 0 Å². The van der Waals surface area contributed by atoms with Crippen molar-refractivity contribution in [2.75, 3.05) is 0 Å². The number of carboxylic acids is 1. The molecule has 0 radical (unpaired) electrons. The molecule has 0 aliphatic heterocycles. The van der Waals surface area contributed by atoms with Gasteiger partial charge in [0.25, 0.3) is 0 Å². The van der Waals surface area contributed by atoms with E-state index in [1.807, 2.05) is 18.2 Å². The second-order valence-corrected chi connectivity index (χ2v) is 7.05. The minimum atomic E-state index is -0.841. The molecule has 2 nitrogen and oxygen atoms in total. The molecule has 0 fully saturated rings. The van der Waals surface area contributed by atoms with Crippen LogP contribution >= 0.6 is 27.3 Å². The predicted octanol–water partition coefficient (Wildman–Crippen LogP) is 4.85. The van der Waals surface area contributed by atoms with Crippen LogP contribution in [0.1, 0.15) is 24.3 Å². The fraction of sp³-hybridized carbons (Fsp3) is 0.267. The summed E-state index contributed by atoms with van der Waals surface area (Å²) in [6, 6.07) is 10.0. The maximum atomic E-state index is 11.3. The summed E-state index contributed by atoms with van der Waals surface area (Å²) in [7, 11) is 0. The molecule has 1 N–H and O–H groups in total. The molecule has 0 aliphatic carbocycles. The largest absolute Gasteiger partial charge is 0.481 e. The van der Waals surface area contributed by atoms with Gasteiger partial charge in [0.2, 0.25) is 0 Å². The fourth-order valence-corrected chi connectivity index (χ4v) is 3.49. The molecule has 1 aromatic carbocycles. The Morgan fingerprint density at radius 3 is 2.53 bits per heavy atom. The average molecular weight is 339 g/mol. The molecule has 0 aliphatic rings.